The maximum Gasteiger partial charge on any atom is 0.233 e. The van der Waals surface area contributed by atoms with Gasteiger partial charge in [-0.05, 0) is 62.9 Å². The van der Waals surface area contributed by atoms with Gasteiger partial charge in [-0.1, -0.05) is 31.9 Å². The first-order chi connectivity index (χ1) is 12.1. The van der Waals surface area contributed by atoms with E-state index < -0.39 is 0 Å². The Balaban J connectivity index is 1.71. The van der Waals surface area contributed by atoms with Crippen molar-refractivity contribution in [2.24, 2.45) is 0 Å². The van der Waals surface area contributed by atoms with Gasteiger partial charge in [0.2, 0.25) is 5.91 Å². The lowest BCUT2D eigenvalue weighted by Gasteiger charge is -2.35. The molecule has 3 nitrogen and oxygen atoms in total. The molecule has 140 valence electrons. The molecule has 1 N–H and O–H groups in total. The molecule has 1 aliphatic heterocycles. The summed E-state index contributed by atoms with van der Waals surface area (Å²) in [5.41, 5.74) is 0. The third-order valence-electron chi connectivity index (χ3n) is 4.90. The zero-order valence-electron chi connectivity index (χ0n) is 15.5. The smallest absolute Gasteiger partial charge is 0.233 e. The van der Waals surface area contributed by atoms with Gasteiger partial charge in [0.1, 0.15) is 0 Å². The summed E-state index contributed by atoms with van der Waals surface area (Å²) >= 11 is 7.54. The van der Waals surface area contributed by atoms with Crippen LogP contribution in [-0.4, -0.2) is 41.7 Å². The first-order valence-corrected chi connectivity index (χ1v) is 10.8. The summed E-state index contributed by atoms with van der Waals surface area (Å²) in [6.45, 7) is 7.43. The lowest BCUT2D eigenvalue weighted by molar-refractivity contribution is -0.120. The fourth-order valence-corrected chi connectivity index (χ4v) is 4.53. The molecule has 2 unspecified atom stereocenters. The zero-order chi connectivity index (χ0) is 18.1. The van der Waals surface area contributed by atoms with Crippen molar-refractivity contribution < 1.29 is 4.79 Å². The standard InChI is InChI=1S/C20H31ClN2OS/c1-3-17-8-5-6-14-23(17)15-7-13-22-20(24)19(4-2)25-18-11-9-16(21)10-12-18/h9-12,17,19H,3-8,13-15H2,1-2H3,(H,22,24). The maximum atomic E-state index is 12.4. The van der Waals surface area contributed by atoms with Crippen LogP contribution in [0.5, 0.6) is 0 Å². The van der Waals surface area contributed by atoms with Crippen molar-refractivity contribution in [1.29, 1.82) is 0 Å². The number of rotatable bonds is 9. The van der Waals surface area contributed by atoms with Crippen molar-refractivity contribution in [1.82, 2.24) is 10.2 Å². The number of benzene rings is 1. The Kier molecular flexibility index (Phi) is 9.14. The molecule has 2 rings (SSSR count). The van der Waals surface area contributed by atoms with Gasteiger partial charge in [-0.3, -0.25) is 4.79 Å². The number of nitrogens with zero attached hydrogens (tertiary/aromatic N) is 1. The SMILES string of the molecule is CCC(Sc1ccc(Cl)cc1)C(=O)NCCCN1CCCCC1CC. The number of carbonyl (C=O) groups is 1. The van der Waals surface area contributed by atoms with Gasteiger partial charge in [0, 0.05) is 29.0 Å². The van der Waals surface area contributed by atoms with Crippen LogP contribution in [0.4, 0.5) is 0 Å². The van der Waals surface area contributed by atoms with Gasteiger partial charge in [0.25, 0.3) is 0 Å². The van der Waals surface area contributed by atoms with Crippen molar-refractivity contribution in [2.45, 2.75) is 68.6 Å². The third kappa shape index (κ3) is 6.84. The highest BCUT2D eigenvalue weighted by molar-refractivity contribution is 8.00. The quantitative estimate of drug-likeness (QED) is 0.482. The molecule has 1 amide bonds. The first kappa shape index (κ1) is 20.6. The molecule has 1 saturated heterocycles. The van der Waals surface area contributed by atoms with E-state index in [2.05, 4.69) is 24.1 Å². The summed E-state index contributed by atoms with van der Waals surface area (Å²) in [5.74, 6) is 0.146. The molecule has 2 atom stereocenters. The Morgan fingerprint density at radius 1 is 1.32 bits per heavy atom. The second kappa shape index (κ2) is 11.1. The van der Waals surface area contributed by atoms with Gasteiger partial charge < -0.3 is 10.2 Å². The number of nitrogens with one attached hydrogen (secondary N) is 1. The predicted octanol–water partition coefficient (Wildman–Crippen LogP) is 4.98. The van der Waals surface area contributed by atoms with Gasteiger partial charge in [0.15, 0.2) is 0 Å². The molecule has 0 spiro atoms. The molecule has 1 heterocycles. The van der Waals surface area contributed by atoms with Gasteiger partial charge in [-0.25, -0.2) is 0 Å². The molecule has 0 radical (unpaired) electrons. The third-order valence-corrected chi connectivity index (χ3v) is 6.53. The molecular weight excluding hydrogens is 352 g/mol. The van der Waals surface area contributed by atoms with Crippen LogP contribution in [0.25, 0.3) is 0 Å². The van der Waals surface area contributed by atoms with Gasteiger partial charge in [-0.2, -0.15) is 0 Å². The van der Waals surface area contributed by atoms with Crippen molar-refractivity contribution in [3.05, 3.63) is 29.3 Å². The Bertz CT molecular complexity index is 523. The van der Waals surface area contributed by atoms with Crippen LogP contribution >= 0.6 is 23.4 Å². The molecule has 1 aromatic carbocycles. The van der Waals surface area contributed by atoms with E-state index in [0.717, 1.165) is 41.9 Å². The van der Waals surface area contributed by atoms with Crippen LogP contribution in [0.1, 0.15) is 52.4 Å². The van der Waals surface area contributed by atoms with Crippen LogP contribution in [0, 0.1) is 0 Å². The highest BCUT2D eigenvalue weighted by Crippen LogP contribution is 2.26. The average Bonchev–Trinajstić information content (AvgIpc) is 2.64. The molecule has 1 aromatic rings. The fourth-order valence-electron chi connectivity index (χ4n) is 3.42. The minimum absolute atomic E-state index is 0.0421. The highest BCUT2D eigenvalue weighted by atomic mass is 35.5. The van der Waals surface area contributed by atoms with E-state index in [0.29, 0.717) is 0 Å². The molecule has 0 bridgehead atoms. The zero-order valence-corrected chi connectivity index (χ0v) is 17.0. The van der Waals surface area contributed by atoms with Crippen LogP contribution in [0.15, 0.2) is 29.2 Å². The van der Waals surface area contributed by atoms with Crippen molar-refractivity contribution in [3.8, 4) is 0 Å². The molecule has 0 aliphatic carbocycles. The summed E-state index contributed by atoms with van der Waals surface area (Å²) in [6.07, 6.45) is 7.11. The number of piperidine rings is 1. The Morgan fingerprint density at radius 2 is 2.08 bits per heavy atom. The molecule has 1 aliphatic rings. The summed E-state index contributed by atoms with van der Waals surface area (Å²) in [4.78, 5) is 16.1. The Morgan fingerprint density at radius 3 is 2.76 bits per heavy atom. The van der Waals surface area contributed by atoms with Crippen LogP contribution < -0.4 is 5.32 Å². The summed E-state index contributed by atoms with van der Waals surface area (Å²) in [7, 11) is 0. The van der Waals surface area contributed by atoms with Gasteiger partial charge >= 0.3 is 0 Å². The van der Waals surface area contributed by atoms with E-state index in [1.165, 1.54) is 32.2 Å². The van der Waals surface area contributed by atoms with E-state index in [9.17, 15) is 4.79 Å². The minimum atomic E-state index is -0.0421. The van der Waals surface area contributed by atoms with E-state index in [1.54, 1.807) is 11.8 Å². The fraction of sp³-hybridized carbons (Fsp3) is 0.650. The van der Waals surface area contributed by atoms with Gasteiger partial charge in [0.05, 0.1) is 5.25 Å². The van der Waals surface area contributed by atoms with Crippen LogP contribution in [-0.2, 0) is 4.79 Å². The summed E-state index contributed by atoms with van der Waals surface area (Å²) in [6, 6.07) is 8.44. The predicted molar refractivity (Wildman–Crippen MR) is 109 cm³/mol. The number of thioether (sulfide) groups is 1. The van der Waals surface area contributed by atoms with E-state index in [1.807, 2.05) is 24.3 Å². The second-order valence-corrected chi connectivity index (χ2v) is 8.42. The second-order valence-electron chi connectivity index (χ2n) is 6.71. The number of likely N-dealkylation sites (tertiary alicyclic amines) is 1. The highest BCUT2D eigenvalue weighted by Gasteiger charge is 2.21. The number of hydrogen-bond acceptors (Lipinski definition) is 3. The molecule has 1 fully saturated rings. The lowest BCUT2D eigenvalue weighted by Crippen LogP contribution is -2.41. The minimum Gasteiger partial charge on any atom is -0.355 e. The van der Waals surface area contributed by atoms with Crippen molar-refractivity contribution in [3.63, 3.8) is 0 Å². The summed E-state index contributed by atoms with van der Waals surface area (Å²) in [5, 5.41) is 3.81. The van der Waals surface area contributed by atoms with E-state index >= 15 is 0 Å². The van der Waals surface area contributed by atoms with Crippen LogP contribution in [0.2, 0.25) is 5.02 Å². The number of carbonyl (C=O) groups excluding carboxylic acids is 1. The first-order valence-electron chi connectivity index (χ1n) is 9.58. The van der Waals surface area contributed by atoms with Gasteiger partial charge in [-0.15, -0.1) is 11.8 Å². The molecule has 25 heavy (non-hydrogen) atoms. The monoisotopic (exact) mass is 382 g/mol. The lowest BCUT2D eigenvalue weighted by atomic mass is 10.00. The van der Waals surface area contributed by atoms with Crippen molar-refractivity contribution >= 4 is 29.3 Å². The molecule has 5 heteroatoms. The van der Waals surface area contributed by atoms with Crippen molar-refractivity contribution in [2.75, 3.05) is 19.6 Å². The Hall–Kier alpha value is -0.710. The largest absolute Gasteiger partial charge is 0.355 e. The topological polar surface area (TPSA) is 32.3 Å². The summed E-state index contributed by atoms with van der Waals surface area (Å²) < 4.78 is 0. The molecular formula is C20H31ClN2OS. The Labute approximate surface area is 161 Å². The molecule has 0 saturated carbocycles. The average molecular weight is 383 g/mol. The number of hydrogen-bond donors (Lipinski definition) is 1. The normalized spacial score (nSPS) is 19.6. The van der Waals surface area contributed by atoms with Crippen LogP contribution in [0.3, 0.4) is 0 Å². The molecule has 0 aromatic heterocycles. The van der Waals surface area contributed by atoms with E-state index in [4.69, 9.17) is 11.6 Å². The van der Waals surface area contributed by atoms with E-state index in [-0.39, 0.29) is 11.2 Å². The number of amides is 1. The number of halogens is 1. The maximum absolute atomic E-state index is 12.4.